The third kappa shape index (κ3) is 5.27. The van der Waals surface area contributed by atoms with Gasteiger partial charge in [0.15, 0.2) is 11.5 Å². The number of carbonyl (C=O) groups excluding carboxylic acids is 1. The smallest absolute Gasteiger partial charge is 0.308 e. The first-order valence-electron chi connectivity index (χ1n) is 10.2. The van der Waals surface area contributed by atoms with Gasteiger partial charge in [0.1, 0.15) is 5.82 Å². The molecule has 0 bridgehead atoms. The summed E-state index contributed by atoms with van der Waals surface area (Å²) in [6.45, 7) is 7.61. The second-order valence-electron chi connectivity index (χ2n) is 7.15. The van der Waals surface area contributed by atoms with Crippen molar-refractivity contribution in [2.45, 2.75) is 40.0 Å². The summed E-state index contributed by atoms with van der Waals surface area (Å²) in [6.07, 6.45) is 2.36. The molecule has 0 spiro atoms. The Labute approximate surface area is 202 Å². The van der Waals surface area contributed by atoms with Crippen LogP contribution in [-0.4, -0.2) is 28.5 Å². The highest BCUT2D eigenvalue weighted by Crippen LogP contribution is 2.33. The number of nitrogens with zero attached hydrogens (tertiary/aromatic N) is 3. The molecule has 3 rings (SSSR count). The lowest BCUT2D eigenvalue weighted by atomic mass is 10.1. The summed E-state index contributed by atoms with van der Waals surface area (Å²) >= 11 is 6.89. The van der Waals surface area contributed by atoms with E-state index < -0.39 is 5.97 Å². The predicted octanol–water partition coefficient (Wildman–Crippen LogP) is 5.64. The van der Waals surface area contributed by atoms with Crippen LogP contribution in [0.2, 0.25) is 0 Å². The van der Waals surface area contributed by atoms with E-state index in [2.05, 4.69) is 37.0 Å². The molecule has 9 heteroatoms. The summed E-state index contributed by atoms with van der Waals surface area (Å²) in [5.41, 5.74) is 1.03. The van der Waals surface area contributed by atoms with Crippen LogP contribution in [0.15, 0.2) is 49.2 Å². The third-order valence-electron chi connectivity index (χ3n) is 4.82. The highest BCUT2D eigenvalue weighted by molar-refractivity contribution is 9.10. The molecule has 0 fully saturated rings. The van der Waals surface area contributed by atoms with Crippen LogP contribution in [-0.2, 0) is 4.79 Å². The zero-order chi connectivity index (χ0) is 23.4. The molecule has 32 heavy (non-hydrogen) atoms. The number of rotatable bonds is 7. The van der Waals surface area contributed by atoms with E-state index in [1.54, 1.807) is 24.4 Å². The van der Waals surface area contributed by atoms with Crippen LogP contribution in [0.4, 0.5) is 0 Å². The summed E-state index contributed by atoms with van der Waals surface area (Å²) in [4.78, 5) is 29.4. The number of aromatic nitrogens is 2. The lowest BCUT2D eigenvalue weighted by Crippen LogP contribution is -2.23. The molecule has 0 aliphatic carbocycles. The second-order valence-corrected chi connectivity index (χ2v) is 8.92. The molecule has 0 aliphatic heterocycles. The van der Waals surface area contributed by atoms with Crippen LogP contribution in [0.5, 0.6) is 11.5 Å². The van der Waals surface area contributed by atoms with Crippen LogP contribution in [0.25, 0.3) is 10.9 Å². The van der Waals surface area contributed by atoms with E-state index >= 15 is 0 Å². The maximum Gasteiger partial charge on any atom is 0.308 e. The Morgan fingerprint density at radius 3 is 2.62 bits per heavy atom. The Bertz CT molecular complexity index is 1250. The molecule has 0 saturated heterocycles. The zero-order valence-corrected chi connectivity index (χ0v) is 21.4. The number of carbonyl (C=O) groups is 1. The molecule has 168 valence electrons. The third-order valence-corrected chi connectivity index (χ3v) is 6.00. The number of halogens is 2. The van der Waals surface area contributed by atoms with Crippen molar-refractivity contribution in [3.05, 3.63) is 61.0 Å². The number of hydrogen-bond donors (Lipinski definition) is 0. The fraction of sp³-hybridized carbons (Fsp3) is 0.304. The van der Waals surface area contributed by atoms with Gasteiger partial charge < -0.3 is 9.47 Å². The van der Waals surface area contributed by atoms with Crippen LogP contribution >= 0.6 is 31.9 Å². The molecule has 0 radical (unpaired) electrons. The molecule has 2 aromatic carbocycles. The molecular weight excluding hydrogens is 542 g/mol. The fourth-order valence-electron chi connectivity index (χ4n) is 3.05. The average Bonchev–Trinajstić information content (AvgIpc) is 2.75. The summed E-state index contributed by atoms with van der Waals surface area (Å²) < 4.78 is 13.6. The highest BCUT2D eigenvalue weighted by Gasteiger charge is 2.16. The normalized spacial score (nSPS) is 12.3. The Morgan fingerprint density at radius 1 is 1.22 bits per heavy atom. The van der Waals surface area contributed by atoms with Crippen LogP contribution in [0.3, 0.4) is 0 Å². The summed E-state index contributed by atoms with van der Waals surface area (Å²) in [5.74, 6) is 0.876. The molecule has 1 aromatic heterocycles. The Kier molecular flexibility index (Phi) is 7.84. The highest BCUT2D eigenvalue weighted by atomic mass is 79.9. The van der Waals surface area contributed by atoms with Crippen molar-refractivity contribution < 1.29 is 14.3 Å². The van der Waals surface area contributed by atoms with Gasteiger partial charge >= 0.3 is 5.97 Å². The minimum absolute atomic E-state index is 0.0293. The van der Waals surface area contributed by atoms with E-state index in [-0.39, 0.29) is 11.5 Å². The first kappa shape index (κ1) is 24.1. The van der Waals surface area contributed by atoms with Crippen LogP contribution in [0, 0.1) is 0 Å². The van der Waals surface area contributed by atoms with Gasteiger partial charge in [0.25, 0.3) is 5.56 Å². The Balaban J connectivity index is 2.15. The quantitative estimate of drug-likeness (QED) is 0.211. The standard InChI is InChI=1S/C23H23Br2N3O4/c1-5-13(3)22-27-19-8-7-16(24)10-17(19)23(30)28(22)26-12-15-9-20(31-6-2)21(11-18(15)25)32-14(4)29/h7-13H,5-6H2,1-4H3/t13-/m1/s1. The van der Waals surface area contributed by atoms with Crippen molar-refractivity contribution in [1.29, 1.82) is 0 Å². The molecule has 0 amide bonds. The first-order valence-corrected chi connectivity index (χ1v) is 11.7. The van der Waals surface area contributed by atoms with Crippen molar-refractivity contribution in [2.75, 3.05) is 6.61 Å². The molecule has 0 unspecified atom stereocenters. The number of ether oxygens (including phenoxy) is 2. The Morgan fingerprint density at radius 2 is 1.97 bits per heavy atom. The SMILES string of the molecule is CCOc1cc(C=Nn2c([C@H](C)CC)nc3ccc(Br)cc3c2=O)c(Br)cc1OC(C)=O. The van der Waals surface area contributed by atoms with E-state index in [4.69, 9.17) is 14.5 Å². The van der Waals surface area contributed by atoms with E-state index in [0.29, 0.717) is 44.9 Å². The van der Waals surface area contributed by atoms with E-state index in [9.17, 15) is 9.59 Å². The van der Waals surface area contributed by atoms with Gasteiger partial charge in [-0.1, -0.05) is 29.8 Å². The molecule has 0 N–H and O–H groups in total. The summed E-state index contributed by atoms with van der Waals surface area (Å²) in [5, 5.41) is 4.96. The maximum absolute atomic E-state index is 13.3. The predicted molar refractivity (Wildman–Crippen MR) is 132 cm³/mol. The number of benzene rings is 2. The fourth-order valence-corrected chi connectivity index (χ4v) is 3.84. The van der Waals surface area contributed by atoms with Gasteiger partial charge in [-0.15, -0.1) is 0 Å². The van der Waals surface area contributed by atoms with Gasteiger partial charge in [-0.3, -0.25) is 9.59 Å². The molecule has 0 saturated carbocycles. The molecule has 1 atom stereocenters. The van der Waals surface area contributed by atoms with Gasteiger partial charge in [-0.25, -0.2) is 4.98 Å². The van der Waals surface area contributed by atoms with Crippen LogP contribution < -0.4 is 15.0 Å². The monoisotopic (exact) mass is 563 g/mol. The minimum Gasteiger partial charge on any atom is -0.490 e. The van der Waals surface area contributed by atoms with E-state index in [1.165, 1.54) is 11.6 Å². The minimum atomic E-state index is -0.447. The summed E-state index contributed by atoms with van der Waals surface area (Å²) in [7, 11) is 0. The van der Waals surface area contributed by atoms with Gasteiger partial charge in [0, 0.05) is 27.4 Å². The summed E-state index contributed by atoms with van der Waals surface area (Å²) in [6, 6.07) is 8.77. The van der Waals surface area contributed by atoms with Crippen molar-refractivity contribution in [2.24, 2.45) is 5.10 Å². The van der Waals surface area contributed by atoms with Crippen molar-refractivity contribution >= 4 is 54.9 Å². The molecule has 1 heterocycles. The second kappa shape index (κ2) is 10.4. The number of fused-ring (bicyclic) bond motifs is 1. The van der Waals surface area contributed by atoms with Gasteiger partial charge in [0.05, 0.1) is 23.7 Å². The van der Waals surface area contributed by atoms with Crippen LogP contribution in [0.1, 0.15) is 51.4 Å². The molecule has 0 aliphatic rings. The number of esters is 1. The maximum atomic E-state index is 13.3. The average molecular weight is 565 g/mol. The van der Waals surface area contributed by atoms with Crippen molar-refractivity contribution in [3.63, 3.8) is 0 Å². The zero-order valence-electron chi connectivity index (χ0n) is 18.2. The van der Waals surface area contributed by atoms with Crippen molar-refractivity contribution in [1.82, 2.24) is 9.66 Å². The topological polar surface area (TPSA) is 82.8 Å². The lowest BCUT2D eigenvalue weighted by molar-refractivity contribution is -0.132. The lowest BCUT2D eigenvalue weighted by Gasteiger charge is -2.14. The Hall–Kier alpha value is -2.52. The van der Waals surface area contributed by atoms with Gasteiger partial charge in [-0.05, 0) is 59.6 Å². The van der Waals surface area contributed by atoms with E-state index in [1.807, 2.05) is 32.9 Å². The van der Waals surface area contributed by atoms with E-state index in [0.717, 1.165) is 10.9 Å². The molecule has 3 aromatic rings. The molecule has 7 nitrogen and oxygen atoms in total. The van der Waals surface area contributed by atoms with Gasteiger partial charge in [-0.2, -0.15) is 9.78 Å². The first-order chi connectivity index (χ1) is 15.2. The van der Waals surface area contributed by atoms with Gasteiger partial charge in [0.2, 0.25) is 0 Å². The molecular formula is C23H23Br2N3O4. The largest absolute Gasteiger partial charge is 0.490 e. The number of hydrogen-bond acceptors (Lipinski definition) is 6. The van der Waals surface area contributed by atoms with Crippen molar-refractivity contribution in [3.8, 4) is 11.5 Å².